The molecule has 0 saturated heterocycles. The summed E-state index contributed by atoms with van der Waals surface area (Å²) >= 11 is 0. The molecule has 2 unspecified atom stereocenters. The van der Waals surface area contributed by atoms with Gasteiger partial charge in [-0.05, 0) is 37.3 Å². The normalized spacial score (nSPS) is 20.4. The molecule has 146 valence electrons. The summed E-state index contributed by atoms with van der Waals surface area (Å²) < 4.78 is 14.9. The van der Waals surface area contributed by atoms with Gasteiger partial charge in [0.05, 0.1) is 38.9 Å². The fourth-order valence-electron chi connectivity index (χ4n) is 3.36. The van der Waals surface area contributed by atoms with Crippen LogP contribution in [-0.4, -0.2) is 56.3 Å². The second-order valence-corrected chi connectivity index (χ2v) is 6.27. The molecule has 0 amide bonds. The van der Waals surface area contributed by atoms with Gasteiger partial charge < -0.3 is 19.1 Å². The molecule has 0 saturated carbocycles. The molecule has 0 fully saturated rings. The fraction of sp³-hybridized carbons (Fsp3) is 0.300. The van der Waals surface area contributed by atoms with Crippen molar-refractivity contribution in [3.63, 3.8) is 0 Å². The van der Waals surface area contributed by atoms with E-state index in [0.717, 1.165) is 0 Å². The van der Waals surface area contributed by atoms with Crippen LogP contribution < -0.4 is 4.74 Å². The molecule has 8 heteroatoms. The van der Waals surface area contributed by atoms with Crippen LogP contribution in [0.3, 0.4) is 0 Å². The summed E-state index contributed by atoms with van der Waals surface area (Å²) in [5.74, 6) is -2.29. The van der Waals surface area contributed by atoms with Gasteiger partial charge in [0, 0.05) is 11.3 Å². The summed E-state index contributed by atoms with van der Waals surface area (Å²) in [6.45, 7) is 1.75. The number of ether oxygens (including phenoxy) is 3. The molecule has 3 rings (SSSR count). The number of rotatable bonds is 5. The number of benzene rings is 1. The predicted molar refractivity (Wildman–Crippen MR) is 99.7 cm³/mol. The molecule has 0 spiro atoms. The number of carbonyl (C=O) groups is 3. The van der Waals surface area contributed by atoms with E-state index in [2.05, 4.69) is 4.99 Å². The van der Waals surface area contributed by atoms with Crippen molar-refractivity contribution in [3.05, 3.63) is 52.9 Å². The zero-order valence-corrected chi connectivity index (χ0v) is 16.0. The summed E-state index contributed by atoms with van der Waals surface area (Å²) in [5.41, 5.74) is 1.48. The molecular weight excluding hydrogens is 364 g/mol. The Morgan fingerprint density at radius 3 is 2.29 bits per heavy atom. The Bertz CT molecular complexity index is 913. The highest BCUT2D eigenvalue weighted by Gasteiger charge is 2.51. The lowest BCUT2D eigenvalue weighted by Gasteiger charge is -2.27. The highest BCUT2D eigenvalue weighted by atomic mass is 16.5. The zero-order valence-electron chi connectivity index (χ0n) is 16.0. The molecule has 2 aliphatic heterocycles. The lowest BCUT2D eigenvalue weighted by atomic mass is 9.88. The van der Waals surface area contributed by atoms with Gasteiger partial charge in [-0.3, -0.25) is 9.59 Å². The van der Waals surface area contributed by atoms with Crippen LogP contribution in [-0.2, 0) is 19.1 Å². The van der Waals surface area contributed by atoms with Gasteiger partial charge in [-0.1, -0.05) is 0 Å². The van der Waals surface area contributed by atoms with Crippen LogP contribution in [0.4, 0.5) is 0 Å². The minimum Gasteiger partial charge on any atom is -0.497 e. The van der Waals surface area contributed by atoms with Crippen molar-refractivity contribution < 1.29 is 28.6 Å². The van der Waals surface area contributed by atoms with Gasteiger partial charge in [-0.2, -0.15) is 0 Å². The smallest absolute Gasteiger partial charge is 0.336 e. The maximum absolute atomic E-state index is 13.3. The van der Waals surface area contributed by atoms with Gasteiger partial charge in [0.1, 0.15) is 17.7 Å². The SMILES string of the molecule is COC(=O)C1=C2C=C(C)N=CN2C(C(=O)c2ccc(OC)cc2)C1C(=O)OC. The number of ketones is 1. The molecule has 28 heavy (non-hydrogen) atoms. The van der Waals surface area contributed by atoms with E-state index in [1.165, 1.54) is 32.6 Å². The Balaban J connectivity index is 2.11. The number of aliphatic imine (C=N–C) groups is 1. The first-order valence-corrected chi connectivity index (χ1v) is 8.52. The van der Waals surface area contributed by atoms with E-state index in [4.69, 9.17) is 14.2 Å². The Hall–Kier alpha value is -3.42. The second-order valence-electron chi connectivity index (χ2n) is 6.27. The van der Waals surface area contributed by atoms with Crippen molar-refractivity contribution in [2.24, 2.45) is 10.9 Å². The minimum absolute atomic E-state index is 0.0757. The standard InChI is InChI=1S/C20H20N2O6/c1-11-9-14-15(19(24)27-3)16(20(25)28-4)17(22(14)10-21-11)18(23)12-5-7-13(26-2)8-6-12/h5-10,16-17H,1-4H3. The minimum atomic E-state index is -1.14. The van der Waals surface area contributed by atoms with Gasteiger partial charge in [0.15, 0.2) is 5.78 Å². The maximum Gasteiger partial charge on any atom is 0.336 e. The van der Waals surface area contributed by atoms with Gasteiger partial charge >= 0.3 is 11.9 Å². The van der Waals surface area contributed by atoms with Crippen molar-refractivity contribution in [2.75, 3.05) is 21.3 Å². The average Bonchev–Trinajstić information content (AvgIpc) is 3.06. The number of nitrogens with zero attached hydrogens (tertiary/aromatic N) is 2. The highest BCUT2D eigenvalue weighted by molar-refractivity contribution is 6.09. The number of hydrogen-bond donors (Lipinski definition) is 0. The van der Waals surface area contributed by atoms with Crippen molar-refractivity contribution in [1.29, 1.82) is 0 Å². The van der Waals surface area contributed by atoms with Crippen molar-refractivity contribution in [3.8, 4) is 5.75 Å². The van der Waals surface area contributed by atoms with Crippen molar-refractivity contribution in [1.82, 2.24) is 4.90 Å². The van der Waals surface area contributed by atoms with Gasteiger partial charge in [-0.25, -0.2) is 9.79 Å². The van der Waals surface area contributed by atoms with Crippen LogP contribution in [0.5, 0.6) is 5.75 Å². The van der Waals surface area contributed by atoms with E-state index >= 15 is 0 Å². The maximum atomic E-state index is 13.3. The third kappa shape index (κ3) is 3.17. The summed E-state index contributed by atoms with van der Waals surface area (Å²) in [4.78, 5) is 44.1. The molecule has 0 bridgehead atoms. The Morgan fingerprint density at radius 2 is 1.71 bits per heavy atom. The summed E-state index contributed by atoms with van der Waals surface area (Å²) in [5, 5.41) is 0. The third-order valence-corrected chi connectivity index (χ3v) is 4.72. The van der Waals surface area contributed by atoms with Gasteiger partial charge in [0.25, 0.3) is 0 Å². The first-order valence-electron chi connectivity index (χ1n) is 8.52. The molecular formula is C20H20N2O6. The Morgan fingerprint density at radius 1 is 1.04 bits per heavy atom. The largest absolute Gasteiger partial charge is 0.497 e. The topological polar surface area (TPSA) is 94.5 Å². The number of methoxy groups -OCH3 is 3. The van der Waals surface area contributed by atoms with Crippen LogP contribution in [0.15, 0.2) is 52.3 Å². The lowest BCUT2D eigenvalue weighted by molar-refractivity contribution is -0.147. The van der Waals surface area contributed by atoms with E-state index < -0.39 is 23.9 Å². The highest BCUT2D eigenvalue weighted by Crippen LogP contribution is 2.39. The zero-order chi connectivity index (χ0) is 20.4. The van der Waals surface area contributed by atoms with Crippen molar-refractivity contribution in [2.45, 2.75) is 13.0 Å². The van der Waals surface area contributed by atoms with Gasteiger partial charge in [-0.15, -0.1) is 0 Å². The molecule has 1 aromatic rings. The summed E-state index contributed by atoms with van der Waals surface area (Å²) in [7, 11) is 3.96. The fourth-order valence-corrected chi connectivity index (χ4v) is 3.36. The first kappa shape index (κ1) is 19.3. The van der Waals surface area contributed by atoms with E-state index in [1.807, 2.05) is 0 Å². The molecule has 0 aliphatic carbocycles. The third-order valence-electron chi connectivity index (χ3n) is 4.72. The monoisotopic (exact) mass is 384 g/mol. The van der Waals surface area contributed by atoms with Crippen LogP contribution >= 0.6 is 0 Å². The summed E-state index contributed by atoms with van der Waals surface area (Å²) in [6.07, 6.45) is 3.09. The molecule has 2 atom stereocenters. The van der Waals surface area contributed by atoms with Crippen molar-refractivity contribution >= 4 is 24.1 Å². The Labute approximate surface area is 162 Å². The van der Waals surface area contributed by atoms with Crippen LogP contribution in [0.2, 0.25) is 0 Å². The molecule has 2 aliphatic rings. The number of esters is 2. The van der Waals surface area contributed by atoms with E-state index in [1.54, 1.807) is 37.3 Å². The molecule has 0 radical (unpaired) electrons. The quantitative estimate of drug-likeness (QED) is 0.563. The second kappa shape index (κ2) is 7.67. The number of hydrogen-bond acceptors (Lipinski definition) is 8. The van der Waals surface area contributed by atoms with Gasteiger partial charge in [0.2, 0.25) is 0 Å². The van der Waals surface area contributed by atoms with Crippen LogP contribution in [0.1, 0.15) is 17.3 Å². The molecule has 1 aromatic carbocycles. The molecule has 8 nitrogen and oxygen atoms in total. The number of allylic oxidation sites excluding steroid dienone is 2. The lowest BCUT2D eigenvalue weighted by Crippen LogP contribution is -2.44. The van der Waals surface area contributed by atoms with Crippen LogP contribution in [0, 0.1) is 5.92 Å². The molecule has 0 aromatic heterocycles. The Kier molecular flexibility index (Phi) is 5.30. The number of fused-ring (bicyclic) bond motifs is 1. The van der Waals surface area contributed by atoms with Crippen LogP contribution in [0.25, 0.3) is 0 Å². The summed E-state index contributed by atoms with van der Waals surface area (Å²) in [6, 6.07) is 5.50. The molecule has 0 N–H and O–H groups in total. The average molecular weight is 384 g/mol. The molecule has 2 heterocycles. The number of Topliss-reactive ketones (excluding diaryl/α,β-unsaturated/α-hetero) is 1. The number of carbonyl (C=O) groups excluding carboxylic acids is 3. The predicted octanol–water partition coefficient (Wildman–Crippen LogP) is 1.72. The van der Waals surface area contributed by atoms with E-state index in [0.29, 0.717) is 22.7 Å². The first-order chi connectivity index (χ1) is 13.4. The van der Waals surface area contributed by atoms with E-state index in [-0.39, 0.29) is 11.4 Å². The van der Waals surface area contributed by atoms with E-state index in [9.17, 15) is 14.4 Å².